The minimum atomic E-state index is -0.621. The molecule has 0 saturated carbocycles. The highest BCUT2D eigenvalue weighted by Crippen LogP contribution is 2.16. The summed E-state index contributed by atoms with van der Waals surface area (Å²) in [5.74, 6) is -0.621. The normalized spacial score (nSPS) is 9.42. The van der Waals surface area contributed by atoms with Crippen LogP contribution < -0.4 is 16.9 Å². The molecule has 0 bridgehead atoms. The molecule has 0 aliphatic carbocycles. The summed E-state index contributed by atoms with van der Waals surface area (Å²) in [5, 5.41) is 8.49. The van der Waals surface area contributed by atoms with Crippen molar-refractivity contribution in [1.82, 2.24) is 0 Å². The molecule has 0 saturated heterocycles. The Hall–Kier alpha value is -1.75. The van der Waals surface area contributed by atoms with Crippen molar-refractivity contribution in [2.24, 2.45) is 5.73 Å². The summed E-state index contributed by atoms with van der Waals surface area (Å²) in [5.41, 5.74) is 13.2. The second kappa shape index (κ2) is 3.10. The Morgan fingerprint density at radius 1 is 1.50 bits per heavy atom. The van der Waals surface area contributed by atoms with Crippen molar-refractivity contribution in [2.75, 3.05) is 11.2 Å². The van der Waals surface area contributed by atoms with Crippen LogP contribution in [-0.2, 0) is 0 Å². The van der Waals surface area contributed by atoms with E-state index in [2.05, 4.69) is 0 Å². The number of nitrogen functional groups attached to an aromatic ring is 1. The molecule has 1 amide bonds. The first-order valence-electron chi connectivity index (χ1n) is 3.24. The van der Waals surface area contributed by atoms with Gasteiger partial charge in [0.2, 0.25) is 0 Å². The van der Waals surface area contributed by atoms with Gasteiger partial charge in [0.15, 0.2) is 0 Å². The highest BCUT2D eigenvalue weighted by Gasteiger charge is 2.05. The van der Waals surface area contributed by atoms with Crippen LogP contribution in [0.15, 0.2) is 18.2 Å². The van der Waals surface area contributed by atoms with Crippen LogP contribution in [-0.4, -0.2) is 11.1 Å². The Kier molecular flexibility index (Phi) is 2.16. The minimum absolute atomic E-state index is 0.189. The molecule has 0 fully saturated rings. The largest absolute Gasteiger partial charge is 0.398 e. The lowest BCUT2D eigenvalue weighted by Crippen LogP contribution is -2.13. The van der Waals surface area contributed by atoms with Gasteiger partial charge in [-0.25, -0.2) is 0 Å². The molecule has 64 valence electrons. The molecule has 5 nitrogen and oxygen atoms in total. The minimum Gasteiger partial charge on any atom is -0.398 e. The lowest BCUT2D eigenvalue weighted by atomic mass is 10.1. The monoisotopic (exact) mass is 167 g/mol. The predicted octanol–water partition coefficient (Wildman–Crippen LogP) is 0.169. The van der Waals surface area contributed by atoms with E-state index in [4.69, 9.17) is 16.7 Å². The highest BCUT2D eigenvalue weighted by molar-refractivity contribution is 5.98. The van der Waals surface area contributed by atoms with E-state index in [1.165, 1.54) is 18.2 Å². The number of rotatable bonds is 2. The van der Waals surface area contributed by atoms with Crippen LogP contribution in [0.2, 0.25) is 0 Å². The Morgan fingerprint density at radius 2 is 2.17 bits per heavy atom. The van der Waals surface area contributed by atoms with Gasteiger partial charge >= 0.3 is 0 Å². The maximum Gasteiger partial charge on any atom is 0.250 e. The van der Waals surface area contributed by atoms with E-state index in [0.29, 0.717) is 11.4 Å². The van der Waals surface area contributed by atoms with E-state index in [1.54, 1.807) is 0 Å². The number of carbonyl (C=O) groups excluding carboxylic acids is 1. The Balaban J connectivity index is 3.17. The molecule has 0 heterocycles. The molecule has 1 rings (SSSR count). The van der Waals surface area contributed by atoms with Crippen molar-refractivity contribution in [1.29, 1.82) is 0 Å². The van der Waals surface area contributed by atoms with Gasteiger partial charge < -0.3 is 11.5 Å². The van der Waals surface area contributed by atoms with Gasteiger partial charge in [-0.15, -0.1) is 0 Å². The first-order valence-corrected chi connectivity index (χ1v) is 3.24. The zero-order valence-electron chi connectivity index (χ0n) is 6.24. The Bertz CT molecular complexity index is 312. The van der Waals surface area contributed by atoms with Crippen LogP contribution in [0.1, 0.15) is 10.4 Å². The highest BCUT2D eigenvalue weighted by atomic mass is 16.5. The summed E-state index contributed by atoms with van der Waals surface area (Å²) in [4.78, 5) is 10.7. The van der Waals surface area contributed by atoms with Gasteiger partial charge in [0.25, 0.3) is 5.91 Å². The third-order valence-corrected chi connectivity index (χ3v) is 1.45. The molecule has 1 aromatic carbocycles. The van der Waals surface area contributed by atoms with Gasteiger partial charge in [0.1, 0.15) is 0 Å². The molecule has 0 aliphatic rings. The SMILES string of the molecule is NC(=O)c1cc(NO)ccc1N. The molecular weight excluding hydrogens is 158 g/mol. The fourth-order valence-electron chi connectivity index (χ4n) is 0.839. The molecule has 1 aromatic rings. The number of amides is 1. The fraction of sp³-hybridized carbons (Fsp3) is 0. The van der Waals surface area contributed by atoms with Gasteiger partial charge in [0.05, 0.1) is 11.3 Å². The summed E-state index contributed by atoms with van der Waals surface area (Å²) in [7, 11) is 0. The van der Waals surface area contributed by atoms with Crippen molar-refractivity contribution in [2.45, 2.75) is 0 Å². The van der Waals surface area contributed by atoms with Crippen molar-refractivity contribution in [3.05, 3.63) is 23.8 Å². The van der Waals surface area contributed by atoms with Gasteiger partial charge in [-0.1, -0.05) is 0 Å². The second-order valence-corrected chi connectivity index (χ2v) is 2.28. The van der Waals surface area contributed by atoms with Crippen LogP contribution in [0, 0.1) is 0 Å². The smallest absolute Gasteiger partial charge is 0.250 e. The van der Waals surface area contributed by atoms with Crippen molar-refractivity contribution in [3.63, 3.8) is 0 Å². The molecule has 0 radical (unpaired) electrons. The summed E-state index contributed by atoms with van der Waals surface area (Å²) >= 11 is 0. The molecule has 0 aliphatic heterocycles. The fourth-order valence-corrected chi connectivity index (χ4v) is 0.839. The molecule has 6 N–H and O–H groups in total. The van der Waals surface area contributed by atoms with Crippen LogP contribution in [0.25, 0.3) is 0 Å². The van der Waals surface area contributed by atoms with Gasteiger partial charge in [-0.2, -0.15) is 0 Å². The first-order chi connectivity index (χ1) is 5.65. The first kappa shape index (κ1) is 8.35. The quantitative estimate of drug-likeness (QED) is 0.372. The lowest BCUT2D eigenvalue weighted by molar-refractivity contribution is 0.100. The maximum absolute atomic E-state index is 10.7. The standard InChI is InChI=1S/C7H9N3O2/c8-6-2-1-4(10-12)3-5(6)7(9)11/h1-3,10,12H,8H2,(H2,9,11). The van der Waals surface area contributed by atoms with E-state index in [1.807, 2.05) is 5.48 Å². The van der Waals surface area contributed by atoms with Gasteiger partial charge in [-0.3, -0.25) is 15.5 Å². The number of hydrogen-bond acceptors (Lipinski definition) is 4. The predicted molar refractivity (Wildman–Crippen MR) is 44.8 cm³/mol. The summed E-state index contributed by atoms with van der Waals surface area (Å²) in [6.45, 7) is 0. The Morgan fingerprint density at radius 3 is 2.67 bits per heavy atom. The average molecular weight is 167 g/mol. The lowest BCUT2D eigenvalue weighted by Gasteiger charge is -2.03. The van der Waals surface area contributed by atoms with E-state index in [9.17, 15) is 4.79 Å². The summed E-state index contributed by atoms with van der Waals surface area (Å²) in [6, 6.07) is 4.39. The number of hydrogen-bond donors (Lipinski definition) is 4. The van der Waals surface area contributed by atoms with Crippen LogP contribution in [0.4, 0.5) is 11.4 Å². The molecule has 0 atom stereocenters. The molecular formula is C7H9N3O2. The second-order valence-electron chi connectivity index (χ2n) is 2.28. The average Bonchev–Trinajstić information content (AvgIpc) is 2.05. The van der Waals surface area contributed by atoms with Crippen molar-refractivity contribution >= 4 is 17.3 Å². The number of nitrogens with one attached hydrogen (secondary N) is 1. The van der Waals surface area contributed by atoms with Gasteiger partial charge in [0, 0.05) is 5.69 Å². The Labute approximate surface area is 68.9 Å². The van der Waals surface area contributed by atoms with Gasteiger partial charge in [-0.05, 0) is 18.2 Å². The third kappa shape index (κ3) is 1.46. The van der Waals surface area contributed by atoms with Crippen LogP contribution in [0.3, 0.4) is 0 Å². The van der Waals surface area contributed by atoms with Crippen LogP contribution in [0.5, 0.6) is 0 Å². The number of carbonyl (C=O) groups is 1. The number of benzene rings is 1. The van der Waals surface area contributed by atoms with E-state index in [0.717, 1.165) is 0 Å². The van der Waals surface area contributed by atoms with Crippen LogP contribution >= 0.6 is 0 Å². The number of anilines is 2. The molecule has 5 heteroatoms. The zero-order valence-corrected chi connectivity index (χ0v) is 6.24. The third-order valence-electron chi connectivity index (χ3n) is 1.45. The van der Waals surface area contributed by atoms with Crippen molar-refractivity contribution < 1.29 is 10.0 Å². The van der Waals surface area contributed by atoms with E-state index < -0.39 is 5.91 Å². The number of primary amides is 1. The zero-order chi connectivity index (χ0) is 9.14. The molecule has 0 unspecified atom stereocenters. The number of nitrogens with two attached hydrogens (primary N) is 2. The van der Waals surface area contributed by atoms with E-state index >= 15 is 0 Å². The molecule has 0 aromatic heterocycles. The van der Waals surface area contributed by atoms with E-state index in [-0.39, 0.29) is 5.56 Å². The summed E-state index contributed by atoms with van der Waals surface area (Å²) < 4.78 is 0. The molecule has 0 spiro atoms. The topological polar surface area (TPSA) is 101 Å². The molecule has 12 heavy (non-hydrogen) atoms. The van der Waals surface area contributed by atoms with Crippen molar-refractivity contribution in [3.8, 4) is 0 Å². The maximum atomic E-state index is 10.7. The summed E-state index contributed by atoms with van der Waals surface area (Å²) in [6.07, 6.45) is 0.